The van der Waals surface area contributed by atoms with Gasteiger partial charge in [0.05, 0.1) is 6.61 Å². The maximum atomic E-state index is 13.1. The summed E-state index contributed by atoms with van der Waals surface area (Å²) in [6.45, 7) is 1.22. The molecule has 1 aliphatic heterocycles. The van der Waals surface area contributed by atoms with Gasteiger partial charge in [-0.1, -0.05) is 0 Å². The van der Waals surface area contributed by atoms with Gasteiger partial charge in [-0.3, -0.25) is 9.82 Å². The first-order valence-corrected chi connectivity index (χ1v) is 9.02. The minimum absolute atomic E-state index is 0.225. The number of alkyl halides is 3. The Morgan fingerprint density at radius 2 is 1.95 bits per heavy atom. The number of nitrogens with zero attached hydrogens (tertiary/aromatic N) is 2. The van der Waals surface area contributed by atoms with Crippen molar-refractivity contribution in [3.63, 3.8) is 0 Å². The first-order chi connectivity index (χ1) is 9.13. The minimum Gasteiger partial charge on any atom is -0.306 e. The summed E-state index contributed by atoms with van der Waals surface area (Å²) in [6.07, 6.45) is -0.293. The lowest BCUT2D eigenvalue weighted by Crippen LogP contribution is -2.46. The van der Waals surface area contributed by atoms with E-state index < -0.39 is 13.9 Å². The standard InChI is InChI=1S/C9H18Cl3N2O4P/c10-2-5-13(6-3-11)19(16)14(7-4-12)9(18-15)1-8-17-19/h9,15H,1-8H2. The summed E-state index contributed by atoms with van der Waals surface area (Å²) in [6, 6.07) is 0. The van der Waals surface area contributed by atoms with Crippen molar-refractivity contribution < 1.29 is 19.2 Å². The molecule has 1 aliphatic rings. The van der Waals surface area contributed by atoms with Crippen LogP contribution in [0.5, 0.6) is 0 Å². The molecular weight excluding hydrogens is 337 g/mol. The first-order valence-electron chi connectivity index (χ1n) is 5.89. The minimum atomic E-state index is -3.33. The molecule has 114 valence electrons. The number of rotatable bonds is 8. The van der Waals surface area contributed by atoms with Gasteiger partial charge in [-0.15, -0.1) is 34.8 Å². The predicted octanol–water partition coefficient (Wildman–Crippen LogP) is 2.65. The van der Waals surface area contributed by atoms with E-state index in [2.05, 4.69) is 4.89 Å². The van der Waals surface area contributed by atoms with Crippen LogP contribution < -0.4 is 0 Å². The molecule has 1 fully saturated rings. The van der Waals surface area contributed by atoms with Crippen LogP contribution in [0.2, 0.25) is 0 Å². The summed E-state index contributed by atoms with van der Waals surface area (Å²) in [7, 11) is -3.33. The Hall–Kier alpha value is 0.900. The van der Waals surface area contributed by atoms with Crippen molar-refractivity contribution >= 4 is 42.5 Å². The van der Waals surface area contributed by atoms with Gasteiger partial charge in [-0.05, 0) is 0 Å². The molecule has 0 spiro atoms. The zero-order chi connectivity index (χ0) is 14.3. The lowest BCUT2D eigenvalue weighted by atomic mass is 10.4. The Balaban J connectivity index is 2.96. The summed E-state index contributed by atoms with van der Waals surface area (Å²) in [4.78, 5) is 4.38. The summed E-state index contributed by atoms with van der Waals surface area (Å²) < 4.78 is 21.6. The second-order valence-electron chi connectivity index (χ2n) is 3.86. The summed E-state index contributed by atoms with van der Waals surface area (Å²) in [5.41, 5.74) is 0. The van der Waals surface area contributed by atoms with Gasteiger partial charge in [0.25, 0.3) is 0 Å². The van der Waals surface area contributed by atoms with Gasteiger partial charge in [0.1, 0.15) is 0 Å². The van der Waals surface area contributed by atoms with Crippen molar-refractivity contribution in [1.82, 2.24) is 9.34 Å². The van der Waals surface area contributed by atoms with E-state index in [9.17, 15) is 4.57 Å². The molecule has 10 heteroatoms. The van der Waals surface area contributed by atoms with E-state index in [0.717, 1.165) is 0 Å². The molecular formula is C9H18Cl3N2O4P. The van der Waals surface area contributed by atoms with Gasteiger partial charge < -0.3 is 4.52 Å². The molecule has 0 aromatic heterocycles. The van der Waals surface area contributed by atoms with Crippen LogP contribution in [0.4, 0.5) is 0 Å². The van der Waals surface area contributed by atoms with Crippen LogP contribution in [0, 0.1) is 0 Å². The highest BCUT2D eigenvalue weighted by Gasteiger charge is 2.45. The Bertz CT molecular complexity index is 307. The van der Waals surface area contributed by atoms with Crippen molar-refractivity contribution in [1.29, 1.82) is 0 Å². The fourth-order valence-corrected chi connectivity index (χ4v) is 5.39. The molecule has 1 heterocycles. The van der Waals surface area contributed by atoms with Gasteiger partial charge in [-0.2, -0.15) is 4.67 Å². The highest BCUT2D eigenvalue weighted by molar-refractivity contribution is 7.54. The Kier molecular flexibility index (Phi) is 8.53. The van der Waals surface area contributed by atoms with Crippen molar-refractivity contribution in [3.05, 3.63) is 0 Å². The van der Waals surface area contributed by atoms with Gasteiger partial charge >= 0.3 is 7.67 Å². The topological polar surface area (TPSA) is 62.2 Å². The molecule has 0 saturated carbocycles. The lowest BCUT2D eigenvalue weighted by molar-refractivity contribution is -0.309. The smallest absolute Gasteiger partial charge is 0.306 e. The van der Waals surface area contributed by atoms with Gasteiger partial charge in [0, 0.05) is 43.7 Å². The molecule has 0 aliphatic carbocycles. The third kappa shape index (κ3) is 4.43. The van der Waals surface area contributed by atoms with E-state index in [1.165, 1.54) is 4.67 Å². The van der Waals surface area contributed by atoms with Crippen LogP contribution in [-0.2, 0) is 14.0 Å². The van der Waals surface area contributed by atoms with Crippen LogP contribution in [-0.4, -0.2) is 64.7 Å². The van der Waals surface area contributed by atoms with E-state index in [0.29, 0.717) is 31.3 Å². The molecule has 0 aromatic carbocycles. The normalized spacial score (nSPS) is 29.0. The SMILES string of the molecule is O=P1(N(CCCl)CCCl)OCCC(OO)N1CCCl. The van der Waals surface area contributed by atoms with Crippen molar-refractivity contribution in [2.45, 2.75) is 12.6 Å². The Morgan fingerprint density at radius 3 is 2.42 bits per heavy atom. The quantitative estimate of drug-likeness (QED) is 0.313. The van der Waals surface area contributed by atoms with E-state index in [1.54, 1.807) is 4.67 Å². The van der Waals surface area contributed by atoms with Crippen LogP contribution in [0.1, 0.15) is 6.42 Å². The van der Waals surface area contributed by atoms with E-state index in [1.807, 2.05) is 0 Å². The summed E-state index contributed by atoms with van der Waals surface area (Å²) in [5.74, 6) is 0.829. The zero-order valence-corrected chi connectivity index (χ0v) is 13.5. The van der Waals surface area contributed by atoms with E-state index in [-0.39, 0.29) is 19.0 Å². The summed E-state index contributed by atoms with van der Waals surface area (Å²) in [5, 5.41) is 8.93. The van der Waals surface area contributed by atoms with Crippen LogP contribution in [0.3, 0.4) is 0 Å². The lowest BCUT2D eigenvalue weighted by Gasteiger charge is -2.43. The Labute approximate surface area is 128 Å². The molecule has 1 N–H and O–H groups in total. The molecule has 0 aromatic rings. The monoisotopic (exact) mass is 354 g/mol. The zero-order valence-electron chi connectivity index (χ0n) is 10.4. The molecule has 0 bridgehead atoms. The first kappa shape index (κ1) is 18.0. The van der Waals surface area contributed by atoms with Gasteiger partial charge in [-0.25, -0.2) is 9.56 Å². The van der Waals surface area contributed by atoms with Gasteiger partial charge in [0.2, 0.25) is 0 Å². The van der Waals surface area contributed by atoms with Crippen LogP contribution >= 0.6 is 42.5 Å². The fourth-order valence-electron chi connectivity index (χ4n) is 1.93. The molecule has 1 rings (SSSR count). The van der Waals surface area contributed by atoms with Crippen molar-refractivity contribution in [2.75, 3.05) is 43.9 Å². The van der Waals surface area contributed by atoms with E-state index in [4.69, 9.17) is 44.6 Å². The number of halogens is 3. The highest BCUT2D eigenvalue weighted by atomic mass is 35.5. The summed E-state index contributed by atoms with van der Waals surface area (Å²) >= 11 is 17.2. The van der Waals surface area contributed by atoms with Crippen LogP contribution in [0.15, 0.2) is 0 Å². The van der Waals surface area contributed by atoms with Crippen molar-refractivity contribution in [2.24, 2.45) is 0 Å². The fraction of sp³-hybridized carbons (Fsp3) is 1.00. The second kappa shape index (κ2) is 9.03. The average Bonchev–Trinajstić information content (AvgIpc) is 2.41. The number of hydrogen-bond acceptors (Lipinski definition) is 4. The van der Waals surface area contributed by atoms with Crippen LogP contribution in [0.25, 0.3) is 0 Å². The maximum Gasteiger partial charge on any atom is 0.348 e. The number of hydrogen-bond donors (Lipinski definition) is 1. The largest absolute Gasteiger partial charge is 0.348 e. The second-order valence-corrected chi connectivity index (χ2v) is 7.31. The molecule has 2 atom stereocenters. The molecule has 0 amide bonds. The average molecular weight is 356 g/mol. The van der Waals surface area contributed by atoms with E-state index >= 15 is 0 Å². The van der Waals surface area contributed by atoms with Gasteiger partial charge in [0.15, 0.2) is 6.23 Å². The Morgan fingerprint density at radius 1 is 1.32 bits per heavy atom. The maximum absolute atomic E-state index is 13.1. The third-order valence-corrected chi connectivity index (χ3v) is 6.01. The van der Waals surface area contributed by atoms with Crippen molar-refractivity contribution in [3.8, 4) is 0 Å². The molecule has 19 heavy (non-hydrogen) atoms. The molecule has 2 unspecified atom stereocenters. The third-order valence-electron chi connectivity index (χ3n) is 2.76. The predicted molar refractivity (Wildman–Crippen MR) is 76.1 cm³/mol. The molecule has 6 nitrogen and oxygen atoms in total. The molecule has 1 saturated heterocycles. The highest BCUT2D eigenvalue weighted by Crippen LogP contribution is 2.57. The molecule has 0 radical (unpaired) electrons.